The minimum absolute atomic E-state index is 0.0612. The number of halogens is 3. The zero-order valence-corrected chi connectivity index (χ0v) is 17.0. The largest absolute Gasteiger partial charge is 0.439 e. The maximum absolute atomic E-state index is 13.3. The fourth-order valence-electron chi connectivity index (χ4n) is 3.55. The lowest BCUT2D eigenvalue weighted by Gasteiger charge is -2.14. The van der Waals surface area contributed by atoms with E-state index in [0.29, 0.717) is 28.2 Å². The molecule has 0 spiro atoms. The first-order chi connectivity index (χ1) is 15.8. The Balaban J connectivity index is 1.33. The van der Waals surface area contributed by atoms with Crippen molar-refractivity contribution in [2.45, 2.75) is 31.0 Å². The minimum atomic E-state index is -4.43. The number of ether oxygens (including phenoxy) is 1. The van der Waals surface area contributed by atoms with Gasteiger partial charge in [0.15, 0.2) is 11.6 Å². The van der Waals surface area contributed by atoms with Gasteiger partial charge in [0.25, 0.3) is 0 Å². The number of nitrogens with one attached hydrogen (secondary N) is 1. The number of aromatic nitrogens is 4. The van der Waals surface area contributed by atoms with Crippen LogP contribution in [0.15, 0.2) is 53.4 Å². The van der Waals surface area contributed by atoms with Crippen LogP contribution >= 0.6 is 0 Å². The van der Waals surface area contributed by atoms with Gasteiger partial charge >= 0.3 is 12.2 Å². The standard InChI is InChI=1S/C21H17F3N6O3/c22-21(23,24)20(4-5-20)16-9-17(29-33-16)28-19(31)30-6-3-12-7-14(1-2-15(12)30)32-18-8-13(10-25)26-11-27-18/h1-3,6-9,11H,4-5,10,25H2,(H,28,29,31). The summed E-state index contributed by atoms with van der Waals surface area (Å²) < 4.78 is 51.7. The summed E-state index contributed by atoms with van der Waals surface area (Å²) in [4.78, 5) is 20.7. The Morgan fingerprint density at radius 2 is 2.03 bits per heavy atom. The first-order valence-electron chi connectivity index (χ1n) is 9.94. The molecule has 0 unspecified atom stereocenters. The van der Waals surface area contributed by atoms with Crippen molar-refractivity contribution >= 4 is 22.8 Å². The van der Waals surface area contributed by atoms with Gasteiger partial charge in [-0.1, -0.05) is 5.16 Å². The van der Waals surface area contributed by atoms with Crippen LogP contribution in [0.4, 0.5) is 23.8 Å². The van der Waals surface area contributed by atoms with Crippen molar-refractivity contribution in [2.75, 3.05) is 5.32 Å². The van der Waals surface area contributed by atoms with Gasteiger partial charge in [0.05, 0.1) is 11.2 Å². The van der Waals surface area contributed by atoms with Gasteiger partial charge in [-0.2, -0.15) is 13.2 Å². The van der Waals surface area contributed by atoms with E-state index in [0.717, 1.165) is 6.07 Å². The van der Waals surface area contributed by atoms with E-state index < -0.39 is 17.6 Å². The van der Waals surface area contributed by atoms with Gasteiger partial charge in [-0.15, -0.1) is 0 Å². The lowest BCUT2D eigenvalue weighted by Crippen LogP contribution is -2.28. The average molecular weight is 458 g/mol. The van der Waals surface area contributed by atoms with Crippen LogP contribution in [0.5, 0.6) is 11.6 Å². The van der Waals surface area contributed by atoms with Crippen molar-refractivity contribution in [1.29, 1.82) is 0 Å². The van der Waals surface area contributed by atoms with Gasteiger partial charge in [-0.25, -0.2) is 14.8 Å². The molecule has 1 amide bonds. The summed E-state index contributed by atoms with van der Waals surface area (Å²) in [6.07, 6.45) is -1.67. The second-order valence-electron chi connectivity index (χ2n) is 7.65. The smallest absolute Gasteiger partial charge is 0.401 e. The van der Waals surface area contributed by atoms with Crippen molar-refractivity contribution in [3.8, 4) is 11.6 Å². The van der Waals surface area contributed by atoms with Gasteiger partial charge in [-0.3, -0.25) is 9.88 Å². The summed E-state index contributed by atoms with van der Waals surface area (Å²) in [5, 5.41) is 6.75. The monoisotopic (exact) mass is 458 g/mol. The second kappa shape index (κ2) is 7.59. The van der Waals surface area contributed by atoms with E-state index >= 15 is 0 Å². The van der Waals surface area contributed by atoms with Gasteiger partial charge < -0.3 is 15.0 Å². The summed E-state index contributed by atoms with van der Waals surface area (Å²) in [6.45, 7) is 0.250. The van der Waals surface area contributed by atoms with Crippen molar-refractivity contribution in [1.82, 2.24) is 19.7 Å². The van der Waals surface area contributed by atoms with Gasteiger partial charge in [0, 0.05) is 30.3 Å². The fraction of sp³-hybridized carbons (Fsp3) is 0.238. The molecule has 1 saturated carbocycles. The summed E-state index contributed by atoms with van der Waals surface area (Å²) >= 11 is 0. The summed E-state index contributed by atoms with van der Waals surface area (Å²) in [7, 11) is 0. The number of rotatable bonds is 5. The minimum Gasteiger partial charge on any atom is -0.439 e. The van der Waals surface area contributed by atoms with Crippen LogP contribution in [-0.4, -0.2) is 31.9 Å². The predicted octanol–water partition coefficient (Wildman–Crippen LogP) is 4.34. The molecule has 1 fully saturated rings. The Labute approximate surface area is 184 Å². The number of amides is 1. The molecule has 0 saturated heterocycles. The topological polar surface area (TPSA) is 121 Å². The number of anilines is 1. The normalized spacial score (nSPS) is 14.9. The summed E-state index contributed by atoms with van der Waals surface area (Å²) in [5.74, 6) is 0.431. The molecule has 1 aliphatic rings. The molecular weight excluding hydrogens is 441 g/mol. The number of hydrogen-bond acceptors (Lipinski definition) is 7. The number of benzene rings is 1. The van der Waals surface area contributed by atoms with Crippen molar-refractivity contribution < 1.29 is 27.2 Å². The molecule has 33 heavy (non-hydrogen) atoms. The maximum atomic E-state index is 13.3. The highest BCUT2D eigenvalue weighted by Gasteiger charge is 2.66. The lowest BCUT2D eigenvalue weighted by atomic mass is 10.0. The maximum Gasteiger partial charge on any atom is 0.401 e. The van der Waals surface area contributed by atoms with Crippen LogP contribution in [0.25, 0.3) is 10.9 Å². The molecule has 0 aliphatic heterocycles. The first kappa shape index (κ1) is 20.9. The molecule has 9 nitrogen and oxygen atoms in total. The molecule has 3 aromatic heterocycles. The quantitative estimate of drug-likeness (QED) is 0.456. The molecule has 12 heteroatoms. The Hall–Kier alpha value is -3.93. The lowest BCUT2D eigenvalue weighted by molar-refractivity contribution is -0.165. The van der Waals surface area contributed by atoms with Gasteiger partial charge in [-0.05, 0) is 37.1 Å². The molecule has 170 valence electrons. The number of carbonyl (C=O) groups excluding carboxylic acids is 1. The van der Waals surface area contributed by atoms with Crippen LogP contribution < -0.4 is 15.8 Å². The van der Waals surface area contributed by atoms with Crippen LogP contribution in [-0.2, 0) is 12.0 Å². The summed E-state index contributed by atoms with van der Waals surface area (Å²) in [5.41, 5.74) is 4.75. The number of nitrogens with two attached hydrogens (primary N) is 1. The third-order valence-corrected chi connectivity index (χ3v) is 5.52. The number of nitrogens with zero attached hydrogens (tertiary/aromatic N) is 4. The second-order valence-corrected chi connectivity index (χ2v) is 7.65. The molecule has 0 atom stereocenters. The van der Waals surface area contributed by atoms with Crippen molar-refractivity contribution in [2.24, 2.45) is 5.73 Å². The Kier molecular flexibility index (Phi) is 4.81. The zero-order valence-electron chi connectivity index (χ0n) is 17.0. The highest BCUT2D eigenvalue weighted by atomic mass is 19.4. The fourth-order valence-corrected chi connectivity index (χ4v) is 3.55. The van der Waals surface area contributed by atoms with E-state index in [-0.39, 0.29) is 31.0 Å². The molecule has 1 aromatic carbocycles. The van der Waals surface area contributed by atoms with E-state index in [9.17, 15) is 18.0 Å². The van der Waals surface area contributed by atoms with E-state index in [4.69, 9.17) is 15.0 Å². The predicted molar refractivity (Wildman–Crippen MR) is 110 cm³/mol. The van der Waals surface area contributed by atoms with Crippen LogP contribution in [0.1, 0.15) is 24.3 Å². The van der Waals surface area contributed by atoms with Gasteiger partial charge in [0.2, 0.25) is 5.88 Å². The number of alkyl halides is 3. The van der Waals surface area contributed by atoms with Crippen LogP contribution in [0.3, 0.4) is 0 Å². The molecule has 1 aliphatic carbocycles. The van der Waals surface area contributed by atoms with Crippen LogP contribution in [0, 0.1) is 0 Å². The van der Waals surface area contributed by atoms with Crippen LogP contribution in [0.2, 0.25) is 0 Å². The summed E-state index contributed by atoms with van der Waals surface area (Å²) in [6, 6.07) is 8.89. The highest BCUT2D eigenvalue weighted by molar-refractivity contribution is 5.98. The average Bonchev–Trinajstić information content (AvgIpc) is 3.31. The third-order valence-electron chi connectivity index (χ3n) is 5.52. The van der Waals surface area contributed by atoms with Gasteiger partial charge in [0.1, 0.15) is 17.5 Å². The molecule has 0 radical (unpaired) electrons. The number of carbonyl (C=O) groups is 1. The first-order valence-corrected chi connectivity index (χ1v) is 9.94. The molecule has 0 bridgehead atoms. The molecule has 3 heterocycles. The number of hydrogen-bond donors (Lipinski definition) is 2. The molecular formula is C21H17F3N6O3. The SMILES string of the molecule is NCc1cc(Oc2ccc3c(ccn3C(=O)Nc3cc(C4(C(F)(F)F)CC4)on3)c2)ncn1. The van der Waals surface area contributed by atoms with E-state index in [1.165, 1.54) is 17.1 Å². The highest BCUT2D eigenvalue weighted by Crippen LogP contribution is 2.59. The molecule has 5 rings (SSSR count). The van der Waals surface area contributed by atoms with Crippen molar-refractivity contribution in [3.63, 3.8) is 0 Å². The van der Waals surface area contributed by atoms with E-state index in [1.807, 2.05) is 0 Å². The zero-order chi connectivity index (χ0) is 23.2. The number of fused-ring (bicyclic) bond motifs is 1. The van der Waals surface area contributed by atoms with E-state index in [1.54, 1.807) is 30.3 Å². The van der Waals surface area contributed by atoms with E-state index in [2.05, 4.69) is 20.4 Å². The molecule has 4 aromatic rings. The molecule has 3 N–H and O–H groups in total. The third kappa shape index (κ3) is 3.78. The van der Waals surface area contributed by atoms with Crippen molar-refractivity contribution in [3.05, 3.63) is 60.4 Å². The Morgan fingerprint density at radius 3 is 2.76 bits per heavy atom. The Bertz CT molecular complexity index is 1340. The Morgan fingerprint density at radius 1 is 1.21 bits per heavy atom.